The van der Waals surface area contributed by atoms with Crippen molar-refractivity contribution in [1.29, 1.82) is 0 Å². The molecule has 0 radical (unpaired) electrons. The summed E-state index contributed by atoms with van der Waals surface area (Å²) in [6, 6.07) is 12.3. The van der Waals surface area contributed by atoms with Crippen LogP contribution in [-0.4, -0.2) is 4.98 Å². The highest BCUT2D eigenvalue weighted by Crippen LogP contribution is 2.24. The molecule has 2 aromatic rings. The second kappa shape index (κ2) is 5.89. The summed E-state index contributed by atoms with van der Waals surface area (Å²) in [5, 5.41) is 0. The van der Waals surface area contributed by atoms with E-state index in [2.05, 4.69) is 42.5 Å². The largest absolute Gasteiger partial charge is 0.308 e. The number of hydrogen-bond donors (Lipinski definition) is 2. The number of hydrazine groups is 1. The lowest BCUT2D eigenvalue weighted by Gasteiger charge is -2.06. The number of nitrogens with one attached hydrogen (secondary N) is 1. The number of nitrogens with two attached hydrogens (primary N) is 1. The number of anilines is 1. The Morgan fingerprint density at radius 3 is 2.72 bits per heavy atom. The Balaban J connectivity index is 2.04. The van der Waals surface area contributed by atoms with Gasteiger partial charge in [0.2, 0.25) is 0 Å². The average molecular weight is 259 g/mol. The molecular formula is C14H17N3S. The first-order chi connectivity index (χ1) is 8.69. The fourth-order valence-corrected chi connectivity index (χ4v) is 2.50. The van der Waals surface area contributed by atoms with Crippen LogP contribution in [0.2, 0.25) is 0 Å². The van der Waals surface area contributed by atoms with Gasteiger partial charge in [0.15, 0.2) is 0 Å². The zero-order valence-electron chi connectivity index (χ0n) is 10.6. The van der Waals surface area contributed by atoms with Crippen LogP contribution in [0.25, 0.3) is 0 Å². The summed E-state index contributed by atoms with van der Waals surface area (Å²) < 4.78 is 0. The molecule has 3 N–H and O–H groups in total. The van der Waals surface area contributed by atoms with E-state index in [1.807, 2.05) is 18.2 Å². The Kier molecular flexibility index (Phi) is 4.23. The molecule has 1 heterocycles. The zero-order valence-corrected chi connectivity index (χ0v) is 11.4. The molecule has 94 valence electrons. The van der Waals surface area contributed by atoms with Gasteiger partial charge in [0.05, 0.1) is 5.69 Å². The van der Waals surface area contributed by atoms with Crippen LogP contribution in [0.3, 0.4) is 0 Å². The molecule has 1 aromatic heterocycles. The monoisotopic (exact) mass is 259 g/mol. The number of benzene rings is 1. The van der Waals surface area contributed by atoms with Gasteiger partial charge in [-0.1, -0.05) is 12.1 Å². The molecule has 0 atom stereocenters. The van der Waals surface area contributed by atoms with Crippen LogP contribution in [0.1, 0.15) is 16.8 Å². The Morgan fingerprint density at radius 1 is 1.17 bits per heavy atom. The summed E-state index contributed by atoms with van der Waals surface area (Å²) in [5.74, 6) is 6.89. The third-order valence-corrected chi connectivity index (χ3v) is 3.85. The number of aromatic nitrogens is 1. The lowest BCUT2D eigenvalue weighted by atomic mass is 10.1. The summed E-state index contributed by atoms with van der Waals surface area (Å²) in [4.78, 5) is 5.66. The molecule has 0 aliphatic heterocycles. The van der Waals surface area contributed by atoms with Crippen molar-refractivity contribution < 1.29 is 0 Å². The predicted octanol–water partition coefficient (Wildman–Crippen LogP) is 3.28. The smallest absolute Gasteiger partial charge is 0.140 e. The summed E-state index contributed by atoms with van der Waals surface area (Å²) in [7, 11) is 0. The molecule has 18 heavy (non-hydrogen) atoms. The van der Waals surface area contributed by atoms with Gasteiger partial charge in [-0.2, -0.15) is 0 Å². The van der Waals surface area contributed by atoms with Gasteiger partial charge in [0.1, 0.15) is 5.82 Å². The molecule has 0 saturated carbocycles. The normalized spacial score (nSPS) is 10.4. The second-order valence-corrected chi connectivity index (χ2v) is 5.24. The number of rotatable bonds is 4. The van der Waals surface area contributed by atoms with Gasteiger partial charge >= 0.3 is 0 Å². The Labute approximate surface area is 112 Å². The van der Waals surface area contributed by atoms with Crippen LogP contribution >= 0.6 is 11.8 Å². The molecule has 0 amide bonds. The van der Waals surface area contributed by atoms with E-state index in [0.29, 0.717) is 5.82 Å². The highest BCUT2D eigenvalue weighted by Gasteiger charge is 2.00. The predicted molar refractivity (Wildman–Crippen MR) is 77.5 cm³/mol. The molecule has 0 bridgehead atoms. The van der Waals surface area contributed by atoms with E-state index in [0.717, 1.165) is 11.4 Å². The number of nitrogens with zero attached hydrogens (tertiary/aromatic N) is 1. The third kappa shape index (κ3) is 3.24. The molecule has 2 rings (SSSR count). The number of pyridine rings is 1. The molecule has 0 aliphatic rings. The highest BCUT2D eigenvalue weighted by molar-refractivity contribution is 7.98. The van der Waals surface area contributed by atoms with Gasteiger partial charge in [0.25, 0.3) is 0 Å². The van der Waals surface area contributed by atoms with Crippen LogP contribution in [0, 0.1) is 13.8 Å². The molecule has 0 unspecified atom stereocenters. The number of aryl methyl sites for hydroxylation is 2. The van der Waals surface area contributed by atoms with Crippen molar-refractivity contribution in [3.8, 4) is 0 Å². The Hall–Kier alpha value is -1.52. The van der Waals surface area contributed by atoms with E-state index in [1.165, 1.54) is 16.0 Å². The number of hydrogen-bond acceptors (Lipinski definition) is 4. The first-order valence-electron chi connectivity index (χ1n) is 5.81. The van der Waals surface area contributed by atoms with Gasteiger partial charge in [-0.05, 0) is 49.2 Å². The Morgan fingerprint density at radius 2 is 2.00 bits per heavy atom. The van der Waals surface area contributed by atoms with Gasteiger partial charge in [-0.15, -0.1) is 11.8 Å². The summed E-state index contributed by atoms with van der Waals surface area (Å²) >= 11 is 1.78. The van der Waals surface area contributed by atoms with Gasteiger partial charge < -0.3 is 5.43 Å². The van der Waals surface area contributed by atoms with Crippen molar-refractivity contribution in [3.05, 3.63) is 53.2 Å². The molecule has 0 fully saturated rings. The number of nitrogen functional groups attached to an aromatic ring is 1. The maximum atomic E-state index is 5.34. The second-order valence-electron chi connectivity index (χ2n) is 4.19. The lowest BCUT2D eigenvalue weighted by molar-refractivity contribution is 1.14. The van der Waals surface area contributed by atoms with Crippen molar-refractivity contribution >= 4 is 17.6 Å². The van der Waals surface area contributed by atoms with Crippen LogP contribution < -0.4 is 11.3 Å². The summed E-state index contributed by atoms with van der Waals surface area (Å²) in [6.07, 6.45) is 0. The van der Waals surface area contributed by atoms with Crippen molar-refractivity contribution in [2.24, 2.45) is 5.84 Å². The molecule has 3 nitrogen and oxygen atoms in total. The van der Waals surface area contributed by atoms with E-state index >= 15 is 0 Å². The lowest BCUT2D eigenvalue weighted by Crippen LogP contribution is -2.08. The van der Waals surface area contributed by atoms with Gasteiger partial charge in [-0.25, -0.2) is 10.8 Å². The molecule has 0 spiro atoms. The highest BCUT2D eigenvalue weighted by atomic mass is 32.2. The quantitative estimate of drug-likeness (QED) is 0.502. The average Bonchev–Trinajstić information content (AvgIpc) is 2.40. The maximum absolute atomic E-state index is 5.34. The summed E-state index contributed by atoms with van der Waals surface area (Å²) in [6.45, 7) is 4.26. The Bertz CT molecular complexity index is 540. The first-order valence-corrected chi connectivity index (χ1v) is 6.80. The SMILES string of the molecule is Cc1ccc(SCc2cccc(NN)n2)cc1C. The summed E-state index contributed by atoms with van der Waals surface area (Å²) in [5.41, 5.74) is 6.23. The molecule has 0 aliphatic carbocycles. The van der Waals surface area contributed by atoms with E-state index in [-0.39, 0.29) is 0 Å². The minimum atomic E-state index is 0.702. The van der Waals surface area contributed by atoms with Gasteiger partial charge in [-0.3, -0.25) is 0 Å². The number of thioether (sulfide) groups is 1. The third-order valence-electron chi connectivity index (χ3n) is 2.82. The van der Waals surface area contributed by atoms with Crippen molar-refractivity contribution in [1.82, 2.24) is 4.98 Å². The maximum Gasteiger partial charge on any atom is 0.140 e. The van der Waals surface area contributed by atoms with E-state index < -0.39 is 0 Å². The molecule has 0 saturated heterocycles. The van der Waals surface area contributed by atoms with Gasteiger partial charge in [0, 0.05) is 10.6 Å². The van der Waals surface area contributed by atoms with Crippen LogP contribution in [0.15, 0.2) is 41.3 Å². The molecular weight excluding hydrogens is 242 g/mol. The zero-order chi connectivity index (χ0) is 13.0. The minimum absolute atomic E-state index is 0.702. The van der Waals surface area contributed by atoms with Crippen LogP contribution in [0.4, 0.5) is 5.82 Å². The fourth-order valence-electron chi connectivity index (χ4n) is 1.60. The molecule has 1 aromatic carbocycles. The van der Waals surface area contributed by atoms with Crippen LogP contribution in [0.5, 0.6) is 0 Å². The van der Waals surface area contributed by atoms with Crippen molar-refractivity contribution in [3.63, 3.8) is 0 Å². The topological polar surface area (TPSA) is 50.9 Å². The van der Waals surface area contributed by atoms with E-state index in [1.54, 1.807) is 11.8 Å². The van der Waals surface area contributed by atoms with E-state index in [4.69, 9.17) is 5.84 Å². The standard InChI is InChI=1S/C14H17N3S/c1-10-6-7-13(8-11(10)2)18-9-12-4-3-5-14(16-12)17-15/h3-8H,9,15H2,1-2H3,(H,16,17). The first kappa shape index (κ1) is 12.9. The van der Waals surface area contributed by atoms with Crippen molar-refractivity contribution in [2.45, 2.75) is 24.5 Å². The minimum Gasteiger partial charge on any atom is -0.308 e. The fraction of sp³-hybridized carbons (Fsp3) is 0.214. The molecule has 4 heteroatoms. The van der Waals surface area contributed by atoms with Crippen molar-refractivity contribution in [2.75, 3.05) is 5.43 Å². The van der Waals surface area contributed by atoms with Crippen LogP contribution in [-0.2, 0) is 5.75 Å². The van der Waals surface area contributed by atoms with E-state index in [9.17, 15) is 0 Å².